The third-order valence-corrected chi connectivity index (χ3v) is 4.59. The Bertz CT molecular complexity index is 471. The molecule has 1 fully saturated rings. The molecule has 1 aliphatic heterocycles. The van der Waals surface area contributed by atoms with Crippen molar-refractivity contribution in [3.63, 3.8) is 0 Å². The van der Waals surface area contributed by atoms with E-state index in [2.05, 4.69) is 15.9 Å². The average molecular weight is 320 g/mol. The molecule has 0 atom stereocenters. The minimum atomic E-state index is -0.823. The molecule has 1 aromatic rings. The summed E-state index contributed by atoms with van der Waals surface area (Å²) in [7, 11) is -0.823. The van der Waals surface area contributed by atoms with Crippen LogP contribution in [0.1, 0.15) is 10.4 Å². The maximum Gasteiger partial charge on any atom is 0.255 e. The molecule has 1 heterocycles. The number of amides is 1. The molecule has 0 N–H and O–H groups in total. The van der Waals surface area contributed by atoms with Crippen molar-refractivity contribution >= 4 is 32.6 Å². The zero-order chi connectivity index (χ0) is 12.4. The quantitative estimate of drug-likeness (QED) is 0.791. The van der Waals surface area contributed by atoms with Crippen LogP contribution in [0.4, 0.5) is 4.39 Å². The molecule has 1 saturated heterocycles. The van der Waals surface area contributed by atoms with Gasteiger partial charge in [0.1, 0.15) is 5.82 Å². The molecule has 0 unspecified atom stereocenters. The van der Waals surface area contributed by atoms with Gasteiger partial charge in [0.15, 0.2) is 0 Å². The Kier molecular flexibility index (Phi) is 3.93. The van der Waals surface area contributed by atoms with Crippen molar-refractivity contribution in [3.05, 3.63) is 34.1 Å². The SMILES string of the molecule is O=C(c1cc(F)ccc1Br)N1CCS(=O)CC1. The molecule has 0 aliphatic carbocycles. The Morgan fingerprint density at radius 3 is 2.65 bits per heavy atom. The zero-order valence-corrected chi connectivity index (χ0v) is 11.4. The van der Waals surface area contributed by atoms with Crippen LogP contribution in [0.5, 0.6) is 0 Å². The van der Waals surface area contributed by atoms with Crippen LogP contribution >= 0.6 is 15.9 Å². The van der Waals surface area contributed by atoms with E-state index in [4.69, 9.17) is 0 Å². The number of rotatable bonds is 1. The normalized spacial score (nSPS) is 17.2. The lowest BCUT2D eigenvalue weighted by atomic mass is 10.2. The predicted octanol–water partition coefficient (Wildman–Crippen LogP) is 1.79. The number of nitrogens with zero attached hydrogens (tertiary/aromatic N) is 1. The lowest BCUT2D eigenvalue weighted by Crippen LogP contribution is -2.41. The van der Waals surface area contributed by atoms with Crippen molar-refractivity contribution < 1.29 is 13.4 Å². The largest absolute Gasteiger partial charge is 0.337 e. The Hall–Kier alpha value is -0.750. The number of benzene rings is 1. The van der Waals surface area contributed by atoms with E-state index in [1.165, 1.54) is 18.2 Å². The molecule has 1 amide bonds. The topological polar surface area (TPSA) is 37.4 Å². The van der Waals surface area contributed by atoms with Crippen LogP contribution < -0.4 is 0 Å². The van der Waals surface area contributed by atoms with Crippen molar-refractivity contribution in [2.45, 2.75) is 0 Å². The number of hydrogen-bond acceptors (Lipinski definition) is 2. The molecule has 92 valence electrons. The van der Waals surface area contributed by atoms with Gasteiger partial charge in [-0.25, -0.2) is 4.39 Å². The third-order valence-electron chi connectivity index (χ3n) is 2.62. The lowest BCUT2D eigenvalue weighted by molar-refractivity contribution is 0.0770. The summed E-state index contributed by atoms with van der Waals surface area (Å²) in [5.74, 6) is 0.349. The first-order chi connectivity index (χ1) is 8.08. The summed E-state index contributed by atoms with van der Waals surface area (Å²) < 4.78 is 24.9. The Balaban J connectivity index is 2.19. The second-order valence-electron chi connectivity index (χ2n) is 3.76. The van der Waals surface area contributed by atoms with E-state index in [0.717, 1.165) is 0 Å². The molecule has 0 saturated carbocycles. The van der Waals surface area contributed by atoms with Crippen LogP contribution in [-0.2, 0) is 10.8 Å². The Labute approximate surface area is 110 Å². The molecule has 0 bridgehead atoms. The third kappa shape index (κ3) is 2.93. The Morgan fingerprint density at radius 2 is 2.00 bits per heavy atom. The fourth-order valence-electron chi connectivity index (χ4n) is 1.67. The van der Waals surface area contributed by atoms with Gasteiger partial charge in [0.2, 0.25) is 0 Å². The molecule has 2 rings (SSSR count). The number of carbonyl (C=O) groups is 1. The molecule has 17 heavy (non-hydrogen) atoms. The summed E-state index contributed by atoms with van der Waals surface area (Å²) in [6.07, 6.45) is 0. The van der Waals surface area contributed by atoms with E-state index in [0.29, 0.717) is 34.6 Å². The maximum absolute atomic E-state index is 13.1. The van der Waals surface area contributed by atoms with Crippen molar-refractivity contribution in [2.75, 3.05) is 24.6 Å². The van der Waals surface area contributed by atoms with E-state index in [1.807, 2.05) is 0 Å². The highest BCUT2D eigenvalue weighted by Crippen LogP contribution is 2.20. The second kappa shape index (κ2) is 5.27. The highest BCUT2D eigenvalue weighted by atomic mass is 79.9. The molecule has 6 heteroatoms. The molecular weight excluding hydrogens is 309 g/mol. The Morgan fingerprint density at radius 1 is 1.35 bits per heavy atom. The van der Waals surface area contributed by atoms with Gasteiger partial charge >= 0.3 is 0 Å². The van der Waals surface area contributed by atoms with Gasteiger partial charge in [0.05, 0.1) is 5.56 Å². The van der Waals surface area contributed by atoms with Crippen LogP contribution in [-0.4, -0.2) is 39.6 Å². The number of halogens is 2. The molecular formula is C11H11BrFNO2S. The van der Waals surface area contributed by atoms with Crippen LogP contribution in [0.15, 0.2) is 22.7 Å². The summed E-state index contributed by atoms with van der Waals surface area (Å²) in [4.78, 5) is 13.7. The lowest BCUT2D eigenvalue weighted by Gasteiger charge is -2.26. The minimum Gasteiger partial charge on any atom is -0.337 e. The highest BCUT2D eigenvalue weighted by molar-refractivity contribution is 9.10. The van der Waals surface area contributed by atoms with Gasteiger partial charge in [-0.3, -0.25) is 9.00 Å². The first kappa shape index (κ1) is 12.7. The van der Waals surface area contributed by atoms with Gasteiger partial charge in [-0.05, 0) is 34.1 Å². The standard InChI is InChI=1S/C11H11BrFNO2S/c12-10-2-1-8(13)7-9(10)11(15)14-3-5-17(16)6-4-14/h1-2,7H,3-6H2. The van der Waals surface area contributed by atoms with Gasteiger partial charge in [-0.1, -0.05) is 0 Å². The van der Waals surface area contributed by atoms with Crippen molar-refractivity contribution in [1.29, 1.82) is 0 Å². The van der Waals surface area contributed by atoms with Crippen LogP contribution in [0, 0.1) is 5.82 Å². The summed E-state index contributed by atoms with van der Waals surface area (Å²) in [5, 5.41) is 0. The smallest absolute Gasteiger partial charge is 0.255 e. The van der Waals surface area contributed by atoms with Gasteiger partial charge in [0, 0.05) is 39.9 Å². The van der Waals surface area contributed by atoms with E-state index in [1.54, 1.807) is 4.90 Å². The van der Waals surface area contributed by atoms with E-state index < -0.39 is 16.6 Å². The van der Waals surface area contributed by atoms with Gasteiger partial charge < -0.3 is 4.90 Å². The average Bonchev–Trinajstić information content (AvgIpc) is 2.32. The van der Waals surface area contributed by atoms with Crippen molar-refractivity contribution in [3.8, 4) is 0 Å². The van der Waals surface area contributed by atoms with E-state index >= 15 is 0 Å². The second-order valence-corrected chi connectivity index (χ2v) is 6.31. The molecule has 0 spiro atoms. The summed E-state index contributed by atoms with van der Waals surface area (Å²) in [6.45, 7) is 0.933. The van der Waals surface area contributed by atoms with Gasteiger partial charge in [0.25, 0.3) is 5.91 Å². The van der Waals surface area contributed by atoms with Crippen LogP contribution in [0.2, 0.25) is 0 Å². The van der Waals surface area contributed by atoms with Gasteiger partial charge in [-0.2, -0.15) is 0 Å². The van der Waals surface area contributed by atoms with Crippen LogP contribution in [0.3, 0.4) is 0 Å². The molecule has 0 aromatic heterocycles. The summed E-state index contributed by atoms with van der Waals surface area (Å²) in [6, 6.07) is 4.04. The monoisotopic (exact) mass is 319 g/mol. The summed E-state index contributed by atoms with van der Waals surface area (Å²) in [5.41, 5.74) is 0.317. The molecule has 3 nitrogen and oxygen atoms in total. The first-order valence-electron chi connectivity index (χ1n) is 5.17. The van der Waals surface area contributed by atoms with Crippen LogP contribution in [0.25, 0.3) is 0 Å². The van der Waals surface area contributed by atoms with Gasteiger partial charge in [-0.15, -0.1) is 0 Å². The van der Waals surface area contributed by atoms with Crippen molar-refractivity contribution in [2.24, 2.45) is 0 Å². The maximum atomic E-state index is 13.1. The zero-order valence-electron chi connectivity index (χ0n) is 8.99. The highest BCUT2D eigenvalue weighted by Gasteiger charge is 2.22. The minimum absolute atomic E-state index is 0.215. The predicted molar refractivity (Wildman–Crippen MR) is 67.9 cm³/mol. The van der Waals surface area contributed by atoms with Crippen molar-refractivity contribution in [1.82, 2.24) is 4.90 Å². The van der Waals surface area contributed by atoms with E-state index in [-0.39, 0.29) is 5.91 Å². The van der Waals surface area contributed by atoms with E-state index in [9.17, 15) is 13.4 Å². The molecule has 1 aliphatic rings. The fraction of sp³-hybridized carbons (Fsp3) is 0.364. The first-order valence-corrected chi connectivity index (χ1v) is 7.45. The number of carbonyl (C=O) groups excluding carboxylic acids is 1. The summed E-state index contributed by atoms with van der Waals surface area (Å²) >= 11 is 3.24. The number of hydrogen-bond donors (Lipinski definition) is 0. The fourth-order valence-corrected chi connectivity index (χ4v) is 3.14. The molecule has 1 aromatic carbocycles. The molecule has 0 radical (unpaired) electrons.